The number of benzene rings is 2. The van der Waals surface area contributed by atoms with Gasteiger partial charge in [-0.3, -0.25) is 14.2 Å². The van der Waals surface area contributed by atoms with Crippen molar-refractivity contribution >= 4 is 56.9 Å². The summed E-state index contributed by atoms with van der Waals surface area (Å²) in [6, 6.07) is 8.96. The third kappa shape index (κ3) is 5.62. The van der Waals surface area contributed by atoms with E-state index in [-0.39, 0.29) is 27.3 Å². The van der Waals surface area contributed by atoms with Crippen LogP contribution in [-0.2, 0) is 14.3 Å². The molecule has 0 amide bonds. The van der Waals surface area contributed by atoms with Gasteiger partial charge in [0.1, 0.15) is 5.75 Å². The molecule has 0 bridgehead atoms. The lowest BCUT2D eigenvalue weighted by molar-refractivity contribution is -0.140. The number of hydrogen-bond donors (Lipinski definition) is 0. The van der Waals surface area contributed by atoms with E-state index in [0.717, 1.165) is 4.57 Å². The molecule has 7 nitrogen and oxygen atoms in total. The number of aromatic nitrogens is 1. The molecule has 1 aliphatic rings. The molecule has 0 saturated heterocycles. The average Bonchev–Trinajstić information content (AvgIpc) is 3.14. The van der Waals surface area contributed by atoms with E-state index in [0.29, 0.717) is 26.4 Å². The number of rotatable bonds is 5. The van der Waals surface area contributed by atoms with E-state index >= 15 is 0 Å². The van der Waals surface area contributed by atoms with Crippen molar-refractivity contribution in [2.75, 3.05) is 6.61 Å². The highest BCUT2D eigenvalue weighted by Gasteiger charge is 2.45. The van der Waals surface area contributed by atoms with Crippen molar-refractivity contribution < 1.29 is 32.2 Å². The summed E-state index contributed by atoms with van der Waals surface area (Å²) in [6.45, 7) is 2.48. The van der Waals surface area contributed by atoms with Crippen LogP contribution >= 0.6 is 38.9 Å². The van der Waals surface area contributed by atoms with Crippen molar-refractivity contribution in [2.45, 2.75) is 26.1 Å². The fraction of sp³-hybridized carbons (Fsp3) is 0.200. The van der Waals surface area contributed by atoms with Crippen LogP contribution in [0.5, 0.6) is 5.75 Å². The Balaban J connectivity index is 2.05. The molecule has 13 heteroatoms. The van der Waals surface area contributed by atoms with Crippen LogP contribution < -0.4 is 19.6 Å². The second-order valence-electron chi connectivity index (χ2n) is 7.89. The Labute approximate surface area is 230 Å². The van der Waals surface area contributed by atoms with Crippen LogP contribution in [0, 0.1) is 0 Å². The van der Waals surface area contributed by atoms with Gasteiger partial charge in [0.25, 0.3) is 5.56 Å². The number of alkyl halides is 3. The number of halogens is 5. The largest absolute Gasteiger partial charge is 0.463 e. The van der Waals surface area contributed by atoms with Crippen LogP contribution in [-0.4, -0.2) is 29.3 Å². The Morgan fingerprint density at radius 1 is 1.21 bits per heavy atom. The van der Waals surface area contributed by atoms with Gasteiger partial charge in [0, 0.05) is 22.0 Å². The first-order valence-electron chi connectivity index (χ1n) is 10.9. The minimum absolute atomic E-state index is 0.000786. The lowest BCUT2D eigenvalue weighted by atomic mass is 9.95. The van der Waals surface area contributed by atoms with Crippen molar-refractivity contribution in [2.24, 2.45) is 4.99 Å². The van der Waals surface area contributed by atoms with Gasteiger partial charge >= 0.3 is 18.1 Å². The van der Waals surface area contributed by atoms with Crippen LogP contribution in [0.15, 0.2) is 68.0 Å². The van der Waals surface area contributed by atoms with Crippen LogP contribution in [0.25, 0.3) is 6.08 Å². The fourth-order valence-corrected chi connectivity index (χ4v) is 5.32. The van der Waals surface area contributed by atoms with E-state index in [1.54, 1.807) is 12.1 Å². The first kappa shape index (κ1) is 27.8. The molecule has 0 spiro atoms. The average molecular weight is 630 g/mol. The molecule has 0 saturated carbocycles. The van der Waals surface area contributed by atoms with E-state index in [2.05, 4.69) is 20.9 Å². The molecule has 2 aromatic carbocycles. The summed E-state index contributed by atoms with van der Waals surface area (Å²) in [5.41, 5.74) is -2.45. The zero-order valence-corrected chi connectivity index (χ0v) is 22.8. The van der Waals surface area contributed by atoms with Gasteiger partial charge in [-0.2, -0.15) is 13.2 Å². The predicted molar refractivity (Wildman–Crippen MR) is 138 cm³/mol. The maximum Gasteiger partial charge on any atom is 0.434 e. The molecular weight excluding hydrogens is 613 g/mol. The molecule has 38 heavy (non-hydrogen) atoms. The second kappa shape index (κ2) is 10.9. The van der Waals surface area contributed by atoms with Gasteiger partial charge in [-0.15, -0.1) is 0 Å². The molecule has 0 aliphatic carbocycles. The number of fused-ring (bicyclic) bond motifs is 1. The maximum atomic E-state index is 14.2. The molecule has 0 fully saturated rings. The highest BCUT2D eigenvalue weighted by Crippen LogP contribution is 2.38. The zero-order valence-electron chi connectivity index (χ0n) is 19.6. The van der Waals surface area contributed by atoms with Crippen LogP contribution in [0.3, 0.4) is 0 Å². The highest BCUT2D eigenvalue weighted by molar-refractivity contribution is 9.10. The Hall–Kier alpha value is -3.22. The molecule has 1 aromatic heterocycles. The molecule has 2 heterocycles. The number of allylic oxidation sites excluding steroid dienone is 1. The molecule has 1 aliphatic heterocycles. The number of ether oxygens (including phenoxy) is 2. The summed E-state index contributed by atoms with van der Waals surface area (Å²) in [5, 5.41) is 0.312. The van der Waals surface area contributed by atoms with Crippen molar-refractivity contribution in [1.82, 2.24) is 4.57 Å². The molecule has 0 unspecified atom stereocenters. The highest BCUT2D eigenvalue weighted by atomic mass is 79.9. The van der Waals surface area contributed by atoms with E-state index in [4.69, 9.17) is 21.1 Å². The van der Waals surface area contributed by atoms with Crippen molar-refractivity contribution in [3.63, 3.8) is 0 Å². The Kier molecular flexibility index (Phi) is 7.96. The second-order valence-corrected chi connectivity index (χ2v) is 10.3. The van der Waals surface area contributed by atoms with Crippen molar-refractivity contribution in [3.05, 3.63) is 94.0 Å². The van der Waals surface area contributed by atoms with Gasteiger partial charge in [0.15, 0.2) is 10.5 Å². The molecular formula is C25H17BrClF3N2O5S. The summed E-state index contributed by atoms with van der Waals surface area (Å²) in [4.78, 5) is 41.5. The van der Waals surface area contributed by atoms with Crippen LogP contribution in [0.1, 0.15) is 31.0 Å². The van der Waals surface area contributed by atoms with Crippen molar-refractivity contribution in [1.29, 1.82) is 0 Å². The van der Waals surface area contributed by atoms with Gasteiger partial charge in [-0.1, -0.05) is 51.0 Å². The topological polar surface area (TPSA) is 87.0 Å². The molecule has 3 aromatic rings. The van der Waals surface area contributed by atoms with Gasteiger partial charge in [0.05, 0.1) is 22.8 Å². The van der Waals surface area contributed by atoms with Gasteiger partial charge in [0.2, 0.25) is 0 Å². The number of thiazole rings is 1. The summed E-state index contributed by atoms with van der Waals surface area (Å²) in [5.74, 6) is -1.70. The number of carbonyl (C=O) groups is 2. The quantitative estimate of drug-likeness (QED) is 0.302. The first-order valence-corrected chi connectivity index (χ1v) is 12.9. The minimum Gasteiger partial charge on any atom is -0.463 e. The van der Waals surface area contributed by atoms with Crippen LogP contribution in [0.2, 0.25) is 5.02 Å². The molecule has 198 valence electrons. The normalized spacial score (nSPS) is 15.7. The lowest BCUT2D eigenvalue weighted by Crippen LogP contribution is -2.41. The molecule has 0 N–H and O–H groups in total. The summed E-state index contributed by atoms with van der Waals surface area (Å²) >= 11 is 9.99. The summed E-state index contributed by atoms with van der Waals surface area (Å²) < 4.78 is 54.3. The SMILES string of the molecule is CCOC(=O)C1=C(C(F)(F)F)N=c2s/c(=C\c3cc(Br)ccc3OC(C)=O)c(=O)n2[C@H]1c1ccc(Cl)cc1. The Morgan fingerprint density at radius 2 is 1.89 bits per heavy atom. The smallest absolute Gasteiger partial charge is 0.434 e. The predicted octanol–water partition coefficient (Wildman–Crippen LogP) is 4.68. The number of hydrogen-bond acceptors (Lipinski definition) is 7. The third-order valence-corrected chi connectivity index (χ3v) is 7.02. The first-order chi connectivity index (χ1) is 17.9. The Bertz CT molecular complexity index is 1640. The monoisotopic (exact) mass is 628 g/mol. The van der Waals surface area contributed by atoms with Crippen LogP contribution in [0.4, 0.5) is 13.2 Å². The zero-order chi connectivity index (χ0) is 27.8. The molecule has 1 atom stereocenters. The molecule has 4 rings (SSSR count). The maximum absolute atomic E-state index is 14.2. The van der Waals surface area contributed by atoms with Gasteiger partial charge in [-0.05, 0) is 48.9 Å². The van der Waals surface area contributed by atoms with Crippen molar-refractivity contribution in [3.8, 4) is 5.75 Å². The minimum atomic E-state index is -5.02. The van der Waals surface area contributed by atoms with Gasteiger partial charge in [-0.25, -0.2) is 9.79 Å². The van der Waals surface area contributed by atoms with E-state index in [9.17, 15) is 27.6 Å². The summed E-state index contributed by atoms with van der Waals surface area (Å²) in [7, 11) is 0. The Morgan fingerprint density at radius 3 is 2.50 bits per heavy atom. The number of carbonyl (C=O) groups excluding carboxylic acids is 2. The van der Waals surface area contributed by atoms with E-state index in [1.807, 2.05) is 0 Å². The summed E-state index contributed by atoms with van der Waals surface area (Å²) in [6.07, 6.45) is -3.64. The lowest BCUT2D eigenvalue weighted by Gasteiger charge is -2.26. The van der Waals surface area contributed by atoms with E-state index < -0.39 is 41.0 Å². The van der Waals surface area contributed by atoms with E-state index in [1.165, 1.54) is 50.3 Å². The number of esters is 2. The van der Waals surface area contributed by atoms with Gasteiger partial charge < -0.3 is 9.47 Å². The standard InChI is InChI=1S/C25H17BrClF3N2O5S/c1-3-36-23(35)19-20(13-4-7-16(27)8-5-13)32-22(34)18(38-24(32)31-21(19)25(28,29)30)11-14-10-15(26)6-9-17(14)37-12(2)33/h4-11,20H,3H2,1-2H3/b18-11-/t20-/m0/s1. The number of nitrogens with zero attached hydrogens (tertiary/aromatic N) is 2. The third-order valence-electron chi connectivity index (χ3n) is 5.29. The fourth-order valence-electron chi connectivity index (χ4n) is 3.82. The molecule has 0 radical (unpaired) electrons.